The van der Waals surface area contributed by atoms with Crippen LogP contribution in [0.15, 0.2) is 23.4 Å². The van der Waals surface area contributed by atoms with E-state index >= 15 is 0 Å². The molecule has 3 aliphatic rings. The van der Waals surface area contributed by atoms with Gasteiger partial charge in [0.1, 0.15) is 12.4 Å². The smallest absolute Gasteiger partial charge is 0.383 e. The van der Waals surface area contributed by atoms with Crippen LogP contribution in [-0.2, 0) is 4.74 Å². The number of likely N-dealkylation sites (N-methyl/N-ethyl adjacent to an activating group) is 1. The number of piperazine rings is 1. The molecule has 8 nitrogen and oxygen atoms in total. The predicted octanol–water partition coefficient (Wildman–Crippen LogP) is 1.89. The number of nitrogens with two attached hydrogens (primary N) is 2. The van der Waals surface area contributed by atoms with Gasteiger partial charge in [0, 0.05) is 44.5 Å². The average molecular weight is 493 g/mol. The molecule has 3 rings (SSSR count). The Morgan fingerprint density at radius 3 is 2.50 bits per heavy atom. The van der Waals surface area contributed by atoms with E-state index in [1.807, 2.05) is 4.90 Å². The van der Waals surface area contributed by atoms with Crippen LogP contribution in [0.5, 0.6) is 0 Å². The molecular formula is C22H36F4N6O2. The summed E-state index contributed by atoms with van der Waals surface area (Å²) in [5, 5.41) is 3.11. The summed E-state index contributed by atoms with van der Waals surface area (Å²) in [6.45, 7) is 6.29. The van der Waals surface area contributed by atoms with Gasteiger partial charge in [0.25, 0.3) is 0 Å². The van der Waals surface area contributed by atoms with Gasteiger partial charge in [-0.25, -0.2) is 9.18 Å². The molecule has 4 atom stereocenters. The average Bonchev–Trinajstić information content (AvgIpc) is 2.82. The van der Waals surface area contributed by atoms with Gasteiger partial charge >= 0.3 is 12.2 Å². The Hall–Kier alpha value is -1.89. The molecule has 4 unspecified atom stereocenters. The summed E-state index contributed by atoms with van der Waals surface area (Å²) in [5.74, 6) is 0. The zero-order valence-electron chi connectivity index (χ0n) is 19.6. The standard InChI is InChI=1S/C22H36F4N6O2/c1-2-30-8-10-31(11-9-30)21(33)32(18-5-3-4-16(23)12-18)14-17-7-6-15(13-29-17)19(27)34-20(28)22(24,25)26/h6-7,16,18-20,29H,2-5,8-14,27-28H2,1H3. The minimum atomic E-state index is -4.71. The summed E-state index contributed by atoms with van der Waals surface area (Å²) < 4.78 is 56.8. The van der Waals surface area contributed by atoms with Crippen molar-refractivity contribution >= 4 is 6.03 Å². The molecule has 1 saturated heterocycles. The van der Waals surface area contributed by atoms with Crippen molar-refractivity contribution in [2.24, 2.45) is 11.5 Å². The van der Waals surface area contributed by atoms with Gasteiger partial charge in [-0.05, 0) is 43.9 Å². The van der Waals surface area contributed by atoms with E-state index in [-0.39, 0.29) is 25.2 Å². The number of rotatable bonds is 7. The molecule has 0 bridgehead atoms. The van der Waals surface area contributed by atoms with E-state index < -0.39 is 24.8 Å². The van der Waals surface area contributed by atoms with Crippen LogP contribution in [0, 0.1) is 0 Å². The number of allylic oxidation sites excluding steroid dienone is 2. The number of hydrogen-bond acceptors (Lipinski definition) is 6. The SMILES string of the molecule is CCN1CCN(C(=O)N(CC2=CC=C(C(N)OC(N)C(F)(F)F)CN2)C2CCCC(F)C2)CC1. The highest BCUT2D eigenvalue weighted by Gasteiger charge is 2.39. The molecule has 2 aliphatic heterocycles. The van der Waals surface area contributed by atoms with Crippen molar-refractivity contribution in [2.45, 2.75) is 63.5 Å². The third-order valence-corrected chi connectivity index (χ3v) is 6.70. The van der Waals surface area contributed by atoms with Crippen LogP contribution in [0.25, 0.3) is 0 Å². The van der Waals surface area contributed by atoms with E-state index in [0.717, 1.165) is 32.5 Å². The Balaban J connectivity index is 1.68. The summed E-state index contributed by atoms with van der Waals surface area (Å²) in [4.78, 5) is 19.3. The van der Waals surface area contributed by atoms with E-state index in [0.29, 0.717) is 37.2 Å². The molecule has 1 saturated carbocycles. The number of hydrogen-bond donors (Lipinski definition) is 3. The summed E-state index contributed by atoms with van der Waals surface area (Å²) >= 11 is 0. The first-order chi connectivity index (χ1) is 16.1. The Morgan fingerprint density at radius 2 is 1.94 bits per heavy atom. The first-order valence-electron chi connectivity index (χ1n) is 11.9. The molecule has 0 aromatic carbocycles. The molecule has 12 heteroatoms. The summed E-state index contributed by atoms with van der Waals surface area (Å²) in [6, 6.07) is -0.313. The Kier molecular flexibility index (Phi) is 9.19. The fourth-order valence-corrected chi connectivity index (χ4v) is 4.53. The maximum Gasteiger partial charge on any atom is 0.428 e. The molecule has 0 spiro atoms. The molecule has 5 N–H and O–H groups in total. The van der Waals surface area contributed by atoms with Crippen molar-refractivity contribution in [1.82, 2.24) is 20.0 Å². The lowest BCUT2D eigenvalue weighted by Crippen LogP contribution is -2.56. The van der Waals surface area contributed by atoms with Crippen molar-refractivity contribution in [3.63, 3.8) is 0 Å². The molecule has 0 aromatic rings. The molecule has 194 valence electrons. The topological polar surface area (TPSA) is 100 Å². The van der Waals surface area contributed by atoms with Gasteiger partial charge in [-0.2, -0.15) is 13.2 Å². The summed E-state index contributed by atoms with van der Waals surface area (Å²) in [6.07, 6.45) is -3.90. The lowest BCUT2D eigenvalue weighted by atomic mass is 9.92. The fraction of sp³-hybridized carbons (Fsp3) is 0.773. The number of alkyl halides is 4. The number of halogens is 4. The van der Waals surface area contributed by atoms with E-state index in [2.05, 4.69) is 21.9 Å². The zero-order chi connectivity index (χ0) is 24.9. The van der Waals surface area contributed by atoms with E-state index in [9.17, 15) is 22.4 Å². The molecule has 34 heavy (non-hydrogen) atoms. The largest absolute Gasteiger partial charge is 0.428 e. The molecule has 2 amide bonds. The molecule has 2 heterocycles. The van der Waals surface area contributed by atoms with Gasteiger partial charge in [-0.15, -0.1) is 0 Å². The normalized spacial score (nSPS) is 26.3. The predicted molar refractivity (Wildman–Crippen MR) is 120 cm³/mol. The lowest BCUT2D eigenvalue weighted by molar-refractivity contribution is -0.226. The van der Waals surface area contributed by atoms with Gasteiger partial charge < -0.3 is 30.5 Å². The molecule has 0 aromatic heterocycles. The minimum Gasteiger partial charge on any atom is -0.383 e. The molecular weight excluding hydrogens is 456 g/mol. The zero-order valence-corrected chi connectivity index (χ0v) is 19.6. The van der Waals surface area contributed by atoms with E-state index in [4.69, 9.17) is 11.5 Å². The Bertz CT molecular complexity index is 754. The third kappa shape index (κ3) is 7.06. The van der Waals surface area contributed by atoms with Crippen LogP contribution in [0.4, 0.5) is 22.4 Å². The van der Waals surface area contributed by atoms with Crippen molar-refractivity contribution in [3.8, 4) is 0 Å². The maximum absolute atomic E-state index is 14.2. The van der Waals surface area contributed by atoms with Crippen LogP contribution in [0.1, 0.15) is 32.6 Å². The summed E-state index contributed by atoms with van der Waals surface area (Å²) in [7, 11) is 0. The number of amides is 2. The molecule has 1 aliphatic carbocycles. The number of ether oxygens (including phenoxy) is 1. The van der Waals surface area contributed by atoms with Gasteiger partial charge in [-0.3, -0.25) is 5.73 Å². The van der Waals surface area contributed by atoms with E-state index in [1.54, 1.807) is 17.1 Å². The highest BCUT2D eigenvalue weighted by Crippen LogP contribution is 2.27. The van der Waals surface area contributed by atoms with Crippen LogP contribution in [-0.4, -0.2) is 97.4 Å². The van der Waals surface area contributed by atoms with Gasteiger partial charge in [0.15, 0.2) is 0 Å². The van der Waals surface area contributed by atoms with Crippen molar-refractivity contribution in [3.05, 3.63) is 23.4 Å². The van der Waals surface area contributed by atoms with Crippen molar-refractivity contribution < 1.29 is 27.1 Å². The second-order valence-electron chi connectivity index (χ2n) is 9.06. The second kappa shape index (κ2) is 11.7. The maximum atomic E-state index is 14.2. The number of carbonyl (C=O) groups is 1. The van der Waals surface area contributed by atoms with Crippen molar-refractivity contribution in [1.29, 1.82) is 0 Å². The van der Waals surface area contributed by atoms with Crippen LogP contribution >= 0.6 is 0 Å². The fourth-order valence-electron chi connectivity index (χ4n) is 4.53. The van der Waals surface area contributed by atoms with E-state index in [1.165, 1.54) is 0 Å². The van der Waals surface area contributed by atoms with Crippen molar-refractivity contribution in [2.75, 3.05) is 45.8 Å². The molecule has 2 fully saturated rings. The number of carbonyl (C=O) groups excluding carboxylic acids is 1. The first kappa shape index (κ1) is 26.7. The number of dihydropyridines is 1. The van der Waals surface area contributed by atoms with Crippen LogP contribution < -0.4 is 16.8 Å². The van der Waals surface area contributed by atoms with Crippen LogP contribution in [0.2, 0.25) is 0 Å². The third-order valence-electron chi connectivity index (χ3n) is 6.70. The monoisotopic (exact) mass is 492 g/mol. The summed E-state index contributed by atoms with van der Waals surface area (Å²) in [5.41, 5.74) is 11.8. The minimum absolute atomic E-state index is 0.108. The first-order valence-corrected chi connectivity index (χ1v) is 11.9. The quantitative estimate of drug-likeness (QED) is 0.371. The van der Waals surface area contributed by atoms with Gasteiger partial charge in [-0.1, -0.05) is 13.0 Å². The lowest BCUT2D eigenvalue weighted by Gasteiger charge is -2.42. The Labute approximate surface area is 197 Å². The Morgan fingerprint density at radius 1 is 1.24 bits per heavy atom. The highest BCUT2D eigenvalue weighted by atomic mass is 19.4. The highest BCUT2D eigenvalue weighted by molar-refractivity contribution is 5.75. The van der Waals surface area contributed by atoms with Gasteiger partial charge in [0.2, 0.25) is 6.23 Å². The van der Waals surface area contributed by atoms with Crippen LogP contribution in [0.3, 0.4) is 0 Å². The second-order valence-corrected chi connectivity index (χ2v) is 9.06. The number of nitrogens with zero attached hydrogens (tertiary/aromatic N) is 3. The van der Waals surface area contributed by atoms with Gasteiger partial charge in [0.05, 0.1) is 6.54 Å². The number of nitrogens with one attached hydrogen (secondary N) is 1. The molecule has 0 radical (unpaired) electrons. The number of urea groups is 1.